The quantitative estimate of drug-likeness (QED) is 0.0419. The van der Waals surface area contributed by atoms with Crippen LogP contribution in [0.2, 0.25) is 0 Å². The maximum Gasteiger partial charge on any atom is 0.410 e. The third-order valence-electron chi connectivity index (χ3n) is 19.4. The second-order valence-corrected chi connectivity index (χ2v) is 27.7. The Hall–Kier alpha value is -7.31. The number of nitrogens with one attached hydrogen (secondary N) is 2. The molecule has 24 heteroatoms. The Morgan fingerprint density at radius 2 is 1.32 bits per heavy atom. The van der Waals surface area contributed by atoms with Crippen molar-refractivity contribution in [2.75, 3.05) is 62.0 Å². The monoisotopic (exact) mass is 1360 g/mol. The summed E-state index contributed by atoms with van der Waals surface area (Å²) >= 11 is 0. The Morgan fingerprint density at radius 1 is 0.711 bits per heavy atom. The number of carbonyl (C=O) groups excluding carboxylic acids is 11. The van der Waals surface area contributed by atoms with E-state index in [1.165, 1.54) is 37.3 Å². The SMILES string of the molecule is CC[C@H](C)[C@@H]([C@@H](CC(=O)N1C[C@@H](N(C)C(=O)OCc2ccc(CC(=O)[C@H](CCCCC(N)=O)NC(=O)[C@@H](CC(=O)CCCCCN3C(=O)C=CC3=O)C(C)C)cc2)C[C@H]1[C@H](OC)[C@@H](C)C(=O)NCCc1c(F)cccc1F)OC)N(C)C(=O)[C@@H](CC(=O)[C@H](C(C)C)N(C)C)C(C)C. The first-order valence-electron chi connectivity index (χ1n) is 34.4. The summed E-state index contributed by atoms with van der Waals surface area (Å²) in [6, 6.07) is 6.89. The van der Waals surface area contributed by atoms with Crippen LogP contribution in [0.25, 0.3) is 0 Å². The number of rotatable bonds is 43. The predicted octanol–water partition coefficient (Wildman–Crippen LogP) is 7.97. The van der Waals surface area contributed by atoms with Crippen molar-refractivity contribution in [2.45, 2.75) is 208 Å². The molecular formula is C73H110F2N8O14. The molecule has 0 bridgehead atoms. The lowest BCUT2D eigenvalue weighted by Gasteiger charge is -2.41. The second-order valence-electron chi connectivity index (χ2n) is 27.7. The van der Waals surface area contributed by atoms with Crippen LogP contribution in [0.5, 0.6) is 0 Å². The van der Waals surface area contributed by atoms with Crippen LogP contribution in [-0.4, -0.2) is 194 Å². The van der Waals surface area contributed by atoms with Crippen LogP contribution in [0.4, 0.5) is 13.6 Å². The van der Waals surface area contributed by atoms with E-state index in [1.807, 2.05) is 74.4 Å². The highest BCUT2D eigenvalue weighted by molar-refractivity contribution is 6.12. The Bertz CT molecular complexity index is 2990. The number of benzene rings is 2. The van der Waals surface area contributed by atoms with Gasteiger partial charge in [-0.3, -0.25) is 57.7 Å². The van der Waals surface area contributed by atoms with Gasteiger partial charge in [0, 0.05) is 110 Å². The number of nitrogens with two attached hydrogens (primary N) is 1. The fourth-order valence-electron chi connectivity index (χ4n) is 13.4. The van der Waals surface area contributed by atoms with E-state index < -0.39 is 102 Å². The number of hydrogen-bond donors (Lipinski definition) is 3. The topological polar surface area (TPSA) is 282 Å². The van der Waals surface area contributed by atoms with E-state index in [9.17, 15) is 56.7 Å². The zero-order valence-electron chi connectivity index (χ0n) is 60.0. The molecule has 0 spiro atoms. The lowest BCUT2D eigenvalue weighted by molar-refractivity contribution is -0.149. The molecule has 4 rings (SSSR count). The van der Waals surface area contributed by atoms with E-state index in [0.717, 1.165) is 17.0 Å². The minimum absolute atomic E-state index is 0.00866. The fourth-order valence-corrected chi connectivity index (χ4v) is 13.4. The van der Waals surface area contributed by atoms with E-state index in [-0.39, 0.29) is 148 Å². The molecule has 0 saturated carbocycles. The molecular weight excluding hydrogens is 1250 g/mol. The van der Waals surface area contributed by atoms with Gasteiger partial charge in [-0.1, -0.05) is 112 Å². The number of halogens is 2. The lowest BCUT2D eigenvalue weighted by atomic mass is 9.83. The first-order valence-corrected chi connectivity index (χ1v) is 34.4. The summed E-state index contributed by atoms with van der Waals surface area (Å²) in [5, 5.41) is 5.68. The number of imide groups is 1. The molecule has 2 aliphatic rings. The largest absolute Gasteiger partial charge is 0.445 e. The Labute approximate surface area is 573 Å². The number of primary amides is 1. The molecule has 1 saturated heterocycles. The Balaban J connectivity index is 1.52. The van der Waals surface area contributed by atoms with E-state index in [1.54, 1.807) is 55.1 Å². The number of likely N-dealkylation sites (N-methyl/N-ethyl adjacent to an activating group) is 3. The molecule has 11 atom stereocenters. The third-order valence-corrected chi connectivity index (χ3v) is 19.4. The maximum atomic E-state index is 15.2. The number of amides is 8. The summed E-state index contributed by atoms with van der Waals surface area (Å²) in [4.78, 5) is 156. The standard InChI is InChI=1S/C73H110F2N8O14/c1-16-47(8)68(81(13)72(93)55(45(4)5)40-61(86)67(46(6)7)79(10)11)62(95-14)41-66(90)83-42-51(38-59(83)69(96-15)48(9)70(91)77-35-34-53-56(74)24-22-25-57(53)75)80(12)73(94)97-43-50-30-28-49(29-31-50)37-60(85)58(26-19-20-27-63(76)87)78-71(92)54(44(2)3)39-52(84)23-18-17-21-36-82-64(88)32-33-65(82)89/h22,24-25,28-33,44-48,51,54-55,58-59,62,67-69H,16-21,23,26-27,34-43H2,1-15H3,(H2,76,87)(H,77,91)(H,78,92)/t47-,48+,51-,54-,55-,58-,59-,62+,67-,68-,69+/m0/s1. The lowest BCUT2D eigenvalue weighted by Crippen LogP contribution is -2.54. The maximum absolute atomic E-state index is 15.2. The van der Waals surface area contributed by atoms with Crippen LogP contribution >= 0.6 is 0 Å². The van der Waals surface area contributed by atoms with Crippen LogP contribution < -0.4 is 16.4 Å². The number of carbonyl (C=O) groups is 11. The van der Waals surface area contributed by atoms with Gasteiger partial charge in [0.2, 0.25) is 29.5 Å². The number of ketones is 3. The highest BCUT2D eigenvalue weighted by atomic mass is 19.1. The van der Waals surface area contributed by atoms with Gasteiger partial charge in [-0.15, -0.1) is 0 Å². The number of unbranched alkanes of at least 4 members (excludes halogenated alkanes) is 3. The first kappa shape index (κ1) is 82.1. The number of methoxy groups -OCH3 is 2. The summed E-state index contributed by atoms with van der Waals surface area (Å²) in [6.07, 6.45) is 3.18. The molecule has 540 valence electrons. The summed E-state index contributed by atoms with van der Waals surface area (Å²) in [5.41, 5.74) is 6.39. The molecule has 0 radical (unpaired) electrons. The molecule has 2 aromatic rings. The van der Waals surface area contributed by atoms with Crippen molar-refractivity contribution < 1.29 is 75.7 Å². The third kappa shape index (κ3) is 24.3. The highest BCUT2D eigenvalue weighted by Crippen LogP contribution is 2.33. The van der Waals surface area contributed by atoms with Gasteiger partial charge < -0.3 is 45.3 Å². The van der Waals surface area contributed by atoms with Crippen LogP contribution in [0.15, 0.2) is 54.6 Å². The molecule has 0 aliphatic carbocycles. The van der Waals surface area contributed by atoms with Crippen LogP contribution in [0.1, 0.15) is 162 Å². The van der Waals surface area contributed by atoms with Crippen LogP contribution in [0, 0.1) is 53.1 Å². The predicted molar refractivity (Wildman–Crippen MR) is 364 cm³/mol. The molecule has 0 aromatic heterocycles. The van der Waals surface area contributed by atoms with Crippen molar-refractivity contribution >= 4 is 64.8 Å². The van der Waals surface area contributed by atoms with E-state index in [0.29, 0.717) is 49.7 Å². The zero-order valence-corrected chi connectivity index (χ0v) is 60.0. The molecule has 1 fully saturated rings. The van der Waals surface area contributed by atoms with Gasteiger partial charge in [0.1, 0.15) is 24.0 Å². The fraction of sp³-hybridized carbons (Fsp3) is 0.658. The van der Waals surface area contributed by atoms with E-state index >= 15 is 4.79 Å². The van der Waals surface area contributed by atoms with Crippen molar-refractivity contribution in [3.63, 3.8) is 0 Å². The number of ether oxygens (including phenoxy) is 3. The first-order chi connectivity index (χ1) is 45.8. The molecule has 0 unspecified atom stereocenters. The molecule has 2 aromatic carbocycles. The summed E-state index contributed by atoms with van der Waals surface area (Å²) in [6.45, 7) is 16.9. The minimum Gasteiger partial charge on any atom is -0.445 e. The average molecular weight is 1360 g/mol. The van der Waals surface area contributed by atoms with Crippen molar-refractivity contribution in [3.8, 4) is 0 Å². The zero-order chi connectivity index (χ0) is 72.5. The van der Waals surface area contributed by atoms with Crippen molar-refractivity contribution in [1.29, 1.82) is 0 Å². The molecule has 2 aliphatic heterocycles. The smallest absolute Gasteiger partial charge is 0.410 e. The minimum atomic E-state index is -0.965. The van der Waals surface area contributed by atoms with Crippen molar-refractivity contribution in [1.82, 2.24) is 35.1 Å². The second kappa shape index (κ2) is 39.9. The van der Waals surface area contributed by atoms with Crippen molar-refractivity contribution in [3.05, 3.63) is 82.9 Å². The van der Waals surface area contributed by atoms with Gasteiger partial charge in [0.15, 0.2) is 11.6 Å². The molecule has 4 N–H and O–H groups in total. The summed E-state index contributed by atoms with van der Waals surface area (Å²) in [5.74, 6) is -7.72. The summed E-state index contributed by atoms with van der Waals surface area (Å²) in [7, 11) is 9.81. The number of hydrogen-bond acceptors (Lipinski definition) is 15. The molecule has 22 nitrogen and oxygen atoms in total. The molecule has 2 heterocycles. The normalized spacial score (nSPS) is 17.6. The van der Waals surface area contributed by atoms with Gasteiger partial charge >= 0.3 is 6.09 Å². The highest BCUT2D eigenvalue weighted by Gasteiger charge is 2.47. The molecule has 97 heavy (non-hydrogen) atoms. The number of Topliss-reactive ketones (excluding diaryl/α,β-unsaturated/α-hetero) is 3. The van der Waals surface area contributed by atoms with Gasteiger partial charge in [0.05, 0.1) is 54.8 Å². The van der Waals surface area contributed by atoms with Crippen molar-refractivity contribution in [2.24, 2.45) is 47.2 Å². The van der Waals surface area contributed by atoms with Gasteiger partial charge in [-0.2, -0.15) is 0 Å². The Morgan fingerprint density at radius 3 is 1.88 bits per heavy atom. The summed E-state index contributed by atoms with van der Waals surface area (Å²) < 4.78 is 47.2. The average Bonchev–Trinajstić information content (AvgIpc) is 1.70. The molecule has 8 amide bonds. The van der Waals surface area contributed by atoms with E-state index in [2.05, 4.69) is 10.6 Å². The van der Waals surface area contributed by atoms with Gasteiger partial charge in [-0.05, 0) is 99.6 Å². The van der Waals surface area contributed by atoms with Crippen LogP contribution in [0.3, 0.4) is 0 Å². The number of likely N-dealkylation sites (tertiary alicyclic amines) is 1. The number of nitrogens with zero attached hydrogens (tertiary/aromatic N) is 5. The van der Waals surface area contributed by atoms with Gasteiger partial charge in [-0.25, -0.2) is 13.6 Å². The Kier molecular flexibility index (Phi) is 33.8. The van der Waals surface area contributed by atoms with Gasteiger partial charge in [0.25, 0.3) is 11.8 Å². The van der Waals surface area contributed by atoms with E-state index in [4.69, 9.17) is 19.9 Å². The van der Waals surface area contributed by atoms with Crippen LogP contribution in [-0.2, 0) is 81.6 Å².